The lowest BCUT2D eigenvalue weighted by Crippen LogP contribution is -2.47. The Labute approximate surface area is 512 Å². The molecule has 0 aromatic heterocycles. The largest absolute Gasteiger partial charge is 0.456 e. The fraction of sp³-hybridized carbons (Fsp3) is 0.409. The second-order valence-electron chi connectivity index (χ2n) is 22.1. The molecule has 1 spiro atoms. The number of hydrogen-bond acceptors (Lipinski definition) is 16. The van der Waals surface area contributed by atoms with Gasteiger partial charge in [0.15, 0.2) is 5.60 Å². The number of nitrogens with one attached hydrogen (secondary N) is 5. The predicted octanol–water partition coefficient (Wildman–Crippen LogP) is 7.37. The van der Waals surface area contributed by atoms with Crippen LogP contribution in [0, 0.1) is 0 Å². The van der Waals surface area contributed by atoms with Gasteiger partial charge in [-0.2, -0.15) is 0 Å². The molecule has 3 aliphatic rings. The first-order valence-corrected chi connectivity index (χ1v) is 30.0. The fourth-order valence-corrected chi connectivity index (χ4v) is 10.4. The highest BCUT2D eigenvalue weighted by Crippen LogP contribution is 2.57. The molecule has 1 fully saturated rings. The molecule has 3 heterocycles. The lowest BCUT2D eigenvalue weighted by atomic mass is 9.77. The van der Waals surface area contributed by atoms with Gasteiger partial charge in [0.05, 0.1) is 30.9 Å². The number of amides is 7. The summed E-state index contributed by atoms with van der Waals surface area (Å²) < 4.78 is 24.0. The number of ether oxygens (including phenoxy) is 4. The average molecular weight is 1210 g/mol. The van der Waals surface area contributed by atoms with E-state index in [2.05, 4.69) is 33.5 Å². The number of rotatable bonds is 32. The summed E-state index contributed by atoms with van der Waals surface area (Å²) in [4.78, 5) is 126. The van der Waals surface area contributed by atoms with Crippen molar-refractivity contribution in [3.63, 3.8) is 0 Å². The van der Waals surface area contributed by atoms with Gasteiger partial charge in [0.2, 0.25) is 5.91 Å². The summed E-state index contributed by atoms with van der Waals surface area (Å²) in [7, 11) is 7.71. The summed E-state index contributed by atoms with van der Waals surface area (Å²) in [5, 5.41) is 14.7. The number of carbonyl (C=O) groups is 9. The second-order valence-corrected chi connectivity index (χ2v) is 22.1. The molecule has 88 heavy (non-hydrogen) atoms. The highest BCUT2D eigenvalue weighted by molar-refractivity contribution is 6.04. The Balaban J connectivity index is 0.813. The van der Waals surface area contributed by atoms with E-state index >= 15 is 0 Å². The SMILES string of the molecule is CCCCCCCOCCOCCNC(=O)c1ccc(C(=O)NCCCCC(NC(=O)c2ccc(C(=O)ON3C(=O)CCC3=O)cc2)C(=O)NCCCCNC(=O)c2ccc3c(c2)C(=O)OC32c3ccc(N(C)C)cc3Oc3cc(N(C)C)ccc32)cc1. The molecule has 0 aliphatic carbocycles. The van der Waals surface area contributed by atoms with Crippen LogP contribution >= 0.6 is 0 Å². The number of hydrogen-bond donors (Lipinski definition) is 5. The van der Waals surface area contributed by atoms with Gasteiger partial charge in [-0.15, -0.1) is 5.06 Å². The van der Waals surface area contributed by atoms with Gasteiger partial charge < -0.3 is 60.2 Å². The van der Waals surface area contributed by atoms with Crippen LogP contribution in [0.1, 0.15) is 163 Å². The molecular weight excluding hydrogens is 1130 g/mol. The van der Waals surface area contributed by atoms with Crippen molar-refractivity contribution in [1.82, 2.24) is 31.6 Å². The number of hydroxylamine groups is 2. The zero-order chi connectivity index (χ0) is 62.7. The first kappa shape index (κ1) is 64.8. The van der Waals surface area contributed by atoms with E-state index in [0.717, 1.165) is 24.2 Å². The van der Waals surface area contributed by atoms with Crippen molar-refractivity contribution in [3.05, 3.63) is 153 Å². The maximum absolute atomic E-state index is 13.9. The van der Waals surface area contributed by atoms with E-state index in [1.165, 1.54) is 43.5 Å². The van der Waals surface area contributed by atoms with E-state index in [9.17, 15) is 43.2 Å². The number of unbranched alkanes of at least 4 members (excludes halogenated alkanes) is 6. The Bertz CT molecular complexity index is 3280. The van der Waals surface area contributed by atoms with Crippen LogP contribution in [0.3, 0.4) is 0 Å². The Kier molecular flexibility index (Phi) is 22.8. The number of fused-ring (bicyclic) bond motifs is 6. The van der Waals surface area contributed by atoms with Crippen molar-refractivity contribution in [3.8, 4) is 11.5 Å². The molecular formula is C66H78N8O14. The van der Waals surface area contributed by atoms with E-state index in [-0.39, 0.29) is 73.0 Å². The third kappa shape index (κ3) is 16.3. The van der Waals surface area contributed by atoms with Crippen LogP contribution in [0.4, 0.5) is 11.4 Å². The monoisotopic (exact) mass is 1210 g/mol. The van der Waals surface area contributed by atoms with E-state index in [1.54, 1.807) is 42.5 Å². The summed E-state index contributed by atoms with van der Waals surface area (Å²) in [6, 6.07) is 27.0. The first-order chi connectivity index (χ1) is 42.5. The number of carbonyl (C=O) groups excluding carboxylic acids is 9. The minimum absolute atomic E-state index is 0.0217. The smallest absolute Gasteiger partial charge is 0.363 e. The summed E-state index contributed by atoms with van der Waals surface area (Å²) in [5.74, 6) is -3.90. The molecule has 1 unspecified atom stereocenters. The average Bonchev–Trinajstić information content (AvgIpc) is 1.51. The van der Waals surface area contributed by atoms with Gasteiger partial charge in [0.25, 0.3) is 35.4 Å². The Hall–Kier alpha value is -9.15. The highest BCUT2D eigenvalue weighted by atomic mass is 16.7. The number of esters is 1. The molecule has 466 valence electrons. The van der Waals surface area contributed by atoms with Crippen molar-refractivity contribution in [2.24, 2.45) is 0 Å². The van der Waals surface area contributed by atoms with Crippen LogP contribution < -0.4 is 41.1 Å². The summed E-state index contributed by atoms with van der Waals surface area (Å²) in [6.45, 7) is 5.17. The van der Waals surface area contributed by atoms with Gasteiger partial charge in [-0.1, -0.05) is 38.7 Å². The Morgan fingerprint density at radius 2 is 1.01 bits per heavy atom. The van der Waals surface area contributed by atoms with Gasteiger partial charge in [-0.25, -0.2) is 9.59 Å². The molecule has 1 saturated heterocycles. The van der Waals surface area contributed by atoms with Gasteiger partial charge in [-0.3, -0.25) is 33.6 Å². The highest BCUT2D eigenvalue weighted by Gasteiger charge is 2.54. The lowest BCUT2D eigenvalue weighted by molar-refractivity contribution is -0.172. The van der Waals surface area contributed by atoms with E-state index < -0.39 is 53.1 Å². The predicted molar refractivity (Wildman–Crippen MR) is 327 cm³/mol. The quantitative estimate of drug-likeness (QED) is 0.0160. The normalized spacial score (nSPS) is 13.7. The van der Waals surface area contributed by atoms with Gasteiger partial charge in [-0.05, 0) is 123 Å². The Morgan fingerprint density at radius 3 is 1.59 bits per heavy atom. The first-order valence-electron chi connectivity index (χ1n) is 30.0. The van der Waals surface area contributed by atoms with Crippen molar-refractivity contribution in [2.75, 3.05) is 90.6 Å². The van der Waals surface area contributed by atoms with Crippen LogP contribution in [0.15, 0.2) is 103 Å². The molecule has 1 atom stereocenters. The second kappa shape index (κ2) is 31.0. The van der Waals surface area contributed by atoms with Crippen LogP contribution in [0.5, 0.6) is 11.5 Å². The maximum atomic E-state index is 13.9. The van der Waals surface area contributed by atoms with Gasteiger partial charge in [0, 0.05) is 136 Å². The number of nitrogens with zero attached hydrogens (tertiary/aromatic N) is 3. The van der Waals surface area contributed by atoms with Crippen LogP contribution in [-0.4, -0.2) is 145 Å². The molecule has 0 bridgehead atoms. The molecule has 8 rings (SSSR count). The molecule has 22 heteroatoms. The third-order valence-electron chi connectivity index (χ3n) is 15.4. The van der Waals surface area contributed by atoms with Crippen LogP contribution in [0.25, 0.3) is 0 Å². The van der Waals surface area contributed by atoms with E-state index in [4.69, 9.17) is 23.8 Å². The molecule has 5 aromatic rings. The molecule has 5 aromatic carbocycles. The van der Waals surface area contributed by atoms with Gasteiger partial charge in [0.1, 0.15) is 17.5 Å². The maximum Gasteiger partial charge on any atom is 0.363 e. The topological polar surface area (TPSA) is 270 Å². The lowest BCUT2D eigenvalue weighted by Gasteiger charge is -2.37. The summed E-state index contributed by atoms with van der Waals surface area (Å²) >= 11 is 0. The number of imide groups is 1. The zero-order valence-electron chi connectivity index (χ0n) is 50.6. The number of anilines is 2. The van der Waals surface area contributed by atoms with Crippen molar-refractivity contribution < 1.29 is 66.9 Å². The van der Waals surface area contributed by atoms with Crippen molar-refractivity contribution in [1.29, 1.82) is 0 Å². The van der Waals surface area contributed by atoms with E-state index in [1.807, 2.05) is 74.4 Å². The van der Waals surface area contributed by atoms with Crippen LogP contribution in [0.2, 0.25) is 0 Å². The minimum Gasteiger partial charge on any atom is -0.456 e. The fourth-order valence-electron chi connectivity index (χ4n) is 10.4. The molecule has 22 nitrogen and oxygen atoms in total. The zero-order valence-corrected chi connectivity index (χ0v) is 50.6. The van der Waals surface area contributed by atoms with E-state index in [0.29, 0.717) is 103 Å². The standard InChI is InChI=1S/C66H78N8O14/c1-6-7-8-9-14-36-84-38-39-85-37-35-70-60(78)44-18-16-43(17-19-44)59(77)67-32-11-10-15-54(71-62(80)45-20-22-46(23-21-45)64(82)88-74-57(75)30-31-58(74)76)63(81)69-34-13-12-33-68-61(79)47-24-27-51-50(40-47)65(83)87-66(51)52-28-25-48(72(2)3)41-55(52)86-56-42-49(73(4)5)26-29-53(56)66/h16-29,40-42,54H,6-15,30-39H2,1-5H3,(H,67,77)(H,68,79)(H,69,81)(H,70,78)(H,71,80). The Morgan fingerprint density at radius 1 is 0.523 bits per heavy atom. The van der Waals surface area contributed by atoms with Crippen LogP contribution in [-0.2, 0) is 39.0 Å². The third-order valence-corrected chi connectivity index (χ3v) is 15.4. The molecule has 5 N–H and O–H groups in total. The summed E-state index contributed by atoms with van der Waals surface area (Å²) in [5.41, 5.74) is 3.69. The van der Waals surface area contributed by atoms with Crippen molar-refractivity contribution in [2.45, 2.75) is 95.6 Å². The number of benzene rings is 5. The van der Waals surface area contributed by atoms with Crippen molar-refractivity contribution >= 4 is 64.7 Å². The summed E-state index contributed by atoms with van der Waals surface area (Å²) in [6.07, 6.45) is 7.67. The molecule has 0 saturated carbocycles. The van der Waals surface area contributed by atoms with Gasteiger partial charge >= 0.3 is 11.9 Å². The molecule has 7 amide bonds. The molecule has 0 radical (unpaired) electrons. The minimum atomic E-state index is -1.33. The molecule has 3 aliphatic heterocycles.